The molecule has 4 heteroatoms. The van der Waals surface area contributed by atoms with Crippen LogP contribution in [0.25, 0.3) is 0 Å². The fourth-order valence-corrected chi connectivity index (χ4v) is 3.30. The lowest BCUT2D eigenvalue weighted by Crippen LogP contribution is -2.30. The highest BCUT2D eigenvalue weighted by atomic mass is 16.5. The molecule has 26 heavy (non-hydrogen) atoms. The molecule has 2 aromatic carbocycles. The highest BCUT2D eigenvalue weighted by Crippen LogP contribution is 2.41. The smallest absolute Gasteiger partial charge is 0.253 e. The van der Waals surface area contributed by atoms with Crippen LogP contribution in [0.4, 0.5) is 0 Å². The van der Waals surface area contributed by atoms with Crippen LogP contribution < -0.4 is 9.47 Å². The van der Waals surface area contributed by atoms with E-state index >= 15 is 0 Å². The van der Waals surface area contributed by atoms with E-state index in [2.05, 4.69) is 19.9 Å². The maximum Gasteiger partial charge on any atom is 0.253 e. The van der Waals surface area contributed by atoms with Gasteiger partial charge in [0.1, 0.15) is 12.2 Å². The first kappa shape index (κ1) is 18.3. The molecule has 0 radical (unpaired) electrons. The second-order valence-electron chi connectivity index (χ2n) is 7.25. The average molecular weight is 353 g/mol. The van der Waals surface area contributed by atoms with Crippen molar-refractivity contribution in [3.63, 3.8) is 0 Å². The number of carbonyl (C=O) groups excluding carboxylic acids is 1. The van der Waals surface area contributed by atoms with Crippen molar-refractivity contribution in [2.75, 3.05) is 13.1 Å². The first-order valence-electron chi connectivity index (χ1n) is 9.25. The van der Waals surface area contributed by atoms with Gasteiger partial charge < -0.3 is 14.4 Å². The number of para-hydroxylation sites is 1. The quantitative estimate of drug-likeness (QED) is 0.769. The zero-order valence-electron chi connectivity index (χ0n) is 16.0. The van der Waals surface area contributed by atoms with Crippen molar-refractivity contribution < 1.29 is 14.3 Å². The van der Waals surface area contributed by atoms with E-state index in [0.717, 1.165) is 36.6 Å². The summed E-state index contributed by atoms with van der Waals surface area (Å²) in [7, 11) is 0. The van der Waals surface area contributed by atoms with Crippen molar-refractivity contribution in [1.82, 2.24) is 4.90 Å². The summed E-state index contributed by atoms with van der Waals surface area (Å²) < 4.78 is 12.0. The van der Waals surface area contributed by atoms with Gasteiger partial charge in [-0.1, -0.05) is 24.3 Å². The molecule has 0 bridgehead atoms. The van der Waals surface area contributed by atoms with Gasteiger partial charge in [-0.2, -0.15) is 0 Å². The molecule has 0 spiro atoms. The van der Waals surface area contributed by atoms with Gasteiger partial charge in [0, 0.05) is 30.6 Å². The van der Waals surface area contributed by atoms with Crippen molar-refractivity contribution >= 4 is 5.91 Å². The van der Waals surface area contributed by atoms with Gasteiger partial charge in [-0.25, -0.2) is 0 Å². The highest BCUT2D eigenvalue weighted by molar-refractivity contribution is 5.94. The second-order valence-corrected chi connectivity index (χ2v) is 7.25. The number of hydrogen-bond acceptors (Lipinski definition) is 3. The summed E-state index contributed by atoms with van der Waals surface area (Å²) in [5.74, 6) is 1.70. The number of benzene rings is 2. The Bertz CT molecular complexity index is 776. The van der Waals surface area contributed by atoms with Crippen molar-refractivity contribution in [3.05, 3.63) is 59.2 Å². The third-order valence-electron chi connectivity index (χ3n) is 4.70. The molecule has 3 rings (SSSR count). The van der Waals surface area contributed by atoms with Gasteiger partial charge in [-0.3, -0.25) is 4.79 Å². The predicted octanol–water partition coefficient (Wildman–Crippen LogP) is 4.46. The normalized spacial score (nSPS) is 14.5. The average Bonchev–Trinajstić information content (AvgIpc) is 2.95. The Balaban J connectivity index is 1.67. The Morgan fingerprint density at radius 3 is 2.46 bits per heavy atom. The van der Waals surface area contributed by atoms with E-state index < -0.39 is 0 Å². The Hall–Kier alpha value is -2.49. The number of carbonyl (C=O) groups is 1. The fourth-order valence-electron chi connectivity index (χ4n) is 3.30. The van der Waals surface area contributed by atoms with Gasteiger partial charge in [-0.05, 0) is 51.5 Å². The van der Waals surface area contributed by atoms with Crippen molar-refractivity contribution in [2.45, 2.75) is 46.3 Å². The minimum Gasteiger partial charge on any atom is -0.485 e. The summed E-state index contributed by atoms with van der Waals surface area (Å²) >= 11 is 0. The van der Waals surface area contributed by atoms with Crippen LogP contribution >= 0.6 is 0 Å². The molecule has 0 atom stereocenters. The molecule has 1 aliphatic heterocycles. The number of amides is 1. The lowest BCUT2D eigenvalue weighted by Gasteiger charge is -2.19. The Morgan fingerprint density at radius 1 is 1.12 bits per heavy atom. The Labute approximate surface area is 155 Å². The summed E-state index contributed by atoms with van der Waals surface area (Å²) in [5, 5.41) is 0. The van der Waals surface area contributed by atoms with Crippen molar-refractivity contribution in [1.29, 1.82) is 0 Å². The van der Waals surface area contributed by atoms with Crippen LogP contribution in [0.2, 0.25) is 0 Å². The SMILES string of the molecule is CCN(CC)C(=O)c1ccc(COc2cccc3c2OC(C)(C)C3)cc1. The first-order chi connectivity index (χ1) is 12.4. The van der Waals surface area contributed by atoms with Crippen LogP contribution in [-0.2, 0) is 13.0 Å². The van der Waals surface area contributed by atoms with Crippen LogP contribution in [0.15, 0.2) is 42.5 Å². The van der Waals surface area contributed by atoms with E-state index in [0.29, 0.717) is 12.2 Å². The summed E-state index contributed by atoms with van der Waals surface area (Å²) in [6.45, 7) is 10.0. The predicted molar refractivity (Wildman–Crippen MR) is 103 cm³/mol. The number of fused-ring (bicyclic) bond motifs is 1. The molecule has 2 aromatic rings. The Morgan fingerprint density at radius 2 is 1.81 bits per heavy atom. The molecule has 0 aromatic heterocycles. The van der Waals surface area contributed by atoms with Crippen LogP contribution in [-0.4, -0.2) is 29.5 Å². The summed E-state index contributed by atoms with van der Waals surface area (Å²) in [6.07, 6.45) is 0.891. The van der Waals surface area contributed by atoms with Crippen LogP contribution in [0.1, 0.15) is 49.2 Å². The minimum absolute atomic E-state index is 0.0685. The maximum atomic E-state index is 12.4. The van der Waals surface area contributed by atoms with Gasteiger partial charge in [0.15, 0.2) is 11.5 Å². The van der Waals surface area contributed by atoms with Gasteiger partial charge in [0.25, 0.3) is 5.91 Å². The molecule has 0 aliphatic carbocycles. The van der Waals surface area contributed by atoms with Gasteiger partial charge >= 0.3 is 0 Å². The maximum absolute atomic E-state index is 12.4. The molecule has 1 aliphatic rings. The summed E-state index contributed by atoms with van der Waals surface area (Å²) in [6, 6.07) is 13.7. The Kier molecular flexibility index (Phi) is 5.21. The van der Waals surface area contributed by atoms with Gasteiger partial charge in [0.05, 0.1) is 0 Å². The lowest BCUT2D eigenvalue weighted by molar-refractivity contribution is 0.0773. The van der Waals surface area contributed by atoms with E-state index in [1.165, 1.54) is 5.56 Å². The monoisotopic (exact) mass is 353 g/mol. The van der Waals surface area contributed by atoms with Crippen molar-refractivity contribution in [2.24, 2.45) is 0 Å². The first-order valence-corrected chi connectivity index (χ1v) is 9.25. The van der Waals surface area contributed by atoms with E-state index in [1.807, 2.05) is 55.1 Å². The van der Waals surface area contributed by atoms with Gasteiger partial charge in [-0.15, -0.1) is 0 Å². The van der Waals surface area contributed by atoms with Crippen LogP contribution in [0.3, 0.4) is 0 Å². The topological polar surface area (TPSA) is 38.8 Å². The van der Waals surface area contributed by atoms with E-state index in [-0.39, 0.29) is 11.5 Å². The molecule has 1 heterocycles. The molecule has 138 valence electrons. The molecular weight excluding hydrogens is 326 g/mol. The number of nitrogens with zero attached hydrogens (tertiary/aromatic N) is 1. The van der Waals surface area contributed by atoms with E-state index in [1.54, 1.807) is 0 Å². The molecule has 0 unspecified atom stereocenters. The number of hydrogen-bond donors (Lipinski definition) is 0. The largest absolute Gasteiger partial charge is 0.485 e. The number of ether oxygens (including phenoxy) is 2. The molecule has 0 fully saturated rings. The standard InChI is InChI=1S/C22H27NO3/c1-5-23(6-2)21(24)17-12-10-16(11-13-17)15-25-19-9-7-8-18-14-22(3,4)26-20(18)19/h7-13H,5-6,14-15H2,1-4H3. The fraction of sp³-hybridized carbons (Fsp3) is 0.409. The summed E-state index contributed by atoms with van der Waals surface area (Å²) in [4.78, 5) is 14.2. The summed E-state index contributed by atoms with van der Waals surface area (Å²) in [5.41, 5.74) is 2.74. The van der Waals surface area contributed by atoms with E-state index in [9.17, 15) is 4.79 Å². The van der Waals surface area contributed by atoms with Crippen LogP contribution in [0.5, 0.6) is 11.5 Å². The highest BCUT2D eigenvalue weighted by Gasteiger charge is 2.32. The van der Waals surface area contributed by atoms with Crippen molar-refractivity contribution in [3.8, 4) is 11.5 Å². The molecule has 0 N–H and O–H groups in total. The molecular formula is C22H27NO3. The molecule has 4 nitrogen and oxygen atoms in total. The lowest BCUT2D eigenvalue weighted by atomic mass is 10.0. The third kappa shape index (κ3) is 3.85. The number of rotatable bonds is 6. The molecule has 1 amide bonds. The second kappa shape index (κ2) is 7.40. The third-order valence-corrected chi connectivity index (χ3v) is 4.70. The van der Waals surface area contributed by atoms with Gasteiger partial charge in [0.2, 0.25) is 0 Å². The zero-order valence-corrected chi connectivity index (χ0v) is 16.0. The molecule has 0 saturated heterocycles. The molecule has 0 saturated carbocycles. The van der Waals surface area contributed by atoms with Crippen LogP contribution in [0, 0.1) is 0 Å². The zero-order chi connectivity index (χ0) is 18.7. The minimum atomic E-state index is -0.186. The van der Waals surface area contributed by atoms with E-state index in [4.69, 9.17) is 9.47 Å².